The lowest BCUT2D eigenvalue weighted by atomic mass is 10.0. The smallest absolute Gasteiger partial charge is 0.212 e. The number of carbonyl (C=O) groups is 2. The van der Waals surface area contributed by atoms with Crippen LogP contribution in [0.4, 0.5) is 15.9 Å². The van der Waals surface area contributed by atoms with Gasteiger partial charge in [-0.05, 0) is 56.0 Å². The number of anilines is 1. The van der Waals surface area contributed by atoms with E-state index in [9.17, 15) is 19.1 Å². The number of phenols is 1. The minimum Gasteiger partial charge on any atom is -0.507 e. The van der Waals surface area contributed by atoms with Gasteiger partial charge in [0, 0.05) is 25.3 Å². The topological polar surface area (TPSA) is 120 Å². The Morgan fingerprint density at radius 2 is 2.00 bits per heavy atom. The van der Waals surface area contributed by atoms with Gasteiger partial charge in [0.1, 0.15) is 23.2 Å². The second kappa shape index (κ2) is 14.4. The van der Waals surface area contributed by atoms with Crippen molar-refractivity contribution in [3.05, 3.63) is 76.8 Å². The molecule has 0 aliphatic heterocycles. The third-order valence-corrected chi connectivity index (χ3v) is 6.72. The second-order valence-corrected chi connectivity index (χ2v) is 10.1. The number of hydrogen-bond acceptors (Lipinski definition) is 6. The van der Waals surface area contributed by atoms with Gasteiger partial charge in [-0.15, -0.1) is 6.58 Å². The lowest BCUT2D eigenvalue weighted by Crippen LogP contribution is -2.45. The molecule has 2 amide bonds. The predicted molar refractivity (Wildman–Crippen MR) is 160 cm³/mol. The predicted octanol–water partition coefficient (Wildman–Crippen LogP) is 5.73. The molecule has 41 heavy (non-hydrogen) atoms. The number of halogens is 2. The summed E-state index contributed by atoms with van der Waals surface area (Å²) in [7, 11) is 0. The summed E-state index contributed by atoms with van der Waals surface area (Å²) in [5.74, 6) is -0.592. The van der Waals surface area contributed by atoms with Crippen LogP contribution in [0.2, 0.25) is 5.02 Å². The molecule has 3 N–H and O–H groups in total. The van der Waals surface area contributed by atoms with E-state index in [1.807, 2.05) is 38.7 Å². The van der Waals surface area contributed by atoms with Crippen LogP contribution in [0.1, 0.15) is 49.9 Å². The molecule has 0 spiro atoms. The molecule has 1 unspecified atom stereocenters. The van der Waals surface area contributed by atoms with Crippen LogP contribution in [-0.2, 0) is 9.59 Å². The minimum absolute atomic E-state index is 0.0267. The molecule has 2 heterocycles. The molecule has 0 saturated carbocycles. The zero-order valence-electron chi connectivity index (χ0n) is 23.5. The molecule has 11 heteroatoms. The lowest BCUT2D eigenvalue weighted by Gasteiger charge is -2.33. The number of nitrogens with one attached hydrogen (secondary N) is 2. The van der Waals surface area contributed by atoms with Crippen molar-refractivity contribution < 1.29 is 19.1 Å². The van der Waals surface area contributed by atoms with Crippen molar-refractivity contribution in [1.29, 1.82) is 0 Å². The van der Waals surface area contributed by atoms with E-state index in [0.717, 1.165) is 11.3 Å². The number of benzene rings is 1. The van der Waals surface area contributed by atoms with E-state index < -0.39 is 5.82 Å². The molecule has 0 bridgehead atoms. The maximum atomic E-state index is 14.8. The monoisotopic (exact) mass is 580 g/mol. The van der Waals surface area contributed by atoms with E-state index in [2.05, 4.69) is 27.2 Å². The number of pyridine rings is 2. The largest absolute Gasteiger partial charge is 0.507 e. The Hall–Kier alpha value is -4.31. The highest BCUT2D eigenvalue weighted by Gasteiger charge is 2.27. The fourth-order valence-corrected chi connectivity index (χ4v) is 4.61. The normalized spacial score (nSPS) is 12.1. The van der Waals surface area contributed by atoms with E-state index in [-0.39, 0.29) is 39.8 Å². The Labute approximate surface area is 244 Å². The number of carbonyl (C=O) groups excluding carboxylic acids is 2. The zero-order chi connectivity index (χ0) is 30.1. The Morgan fingerprint density at radius 1 is 1.24 bits per heavy atom. The van der Waals surface area contributed by atoms with Crippen molar-refractivity contribution in [3.63, 3.8) is 0 Å². The highest BCUT2D eigenvalue weighted by atomic mass is 35.5. The molecular formula is C30H34ClFN6O3. The van der Waals surface area contributed by atoms with Crippen molar-refractivity contribution in [3.8, 4) is 17.0 Å². The summed E-state index contributed by atoms with van der Waals surface area (Å²) >= 11 is 6.70. The number of aromatic nitrogens is 2. The minimum atomic E-state index is -0.730. The van der Waals surface area contributed by atoms with Crippen LogP contribution >= 0.6 is 11.6 Å². The van der Waals surface area contributed by atoms with Gasteiger partial charge in [-0.25, -0.2) is 14.4 Å². The Morgan fingerprint density at radius 3 is 2.63 bits per heavy atom. The first-order valence-electron chi connectivity index (χ1n) is 13.1. The summed E-state index contributed by atoms with van der Waals surface area (Å²) < 4.78 is 14.8. The molecular weight excluding hydrogens is 547 g/mol. The fourth-order valence-electron chi connectivity index (χ4n) is 4.37. The highest BCUT2D eigenvalue weighted by Crippen LogP contribution is 2.38. The average molecular weight is 581 g/mol. The summed E-state index contributed by atoms with van der Waals surface area (Å²) in [4.78, 5) is 39.0. The summed E-state index contributed by atoms with van der Waals surface area (Å²) in [6.07, 6.45) is 5.13. The Kier molecular flexibility index (Phi) is 10.9. The molecule has 0 radical (unpaired) electrons. The summed E-state index contributed by atoms with van der Waals surface area (Å²) in [5, 5.41) is 15.7. The van der Waals surface area contributed by atoms with Crippen molar-refractivity contribution >= 4 is 41.8 Å². The number of aromatic hydroxyl groups is 1. The number of hydrogen-bond donors (Lipinski definition) is 3. The van der Waals surface area contributed by atoms with Crippen LogP contribution in [0.25, 0.3) is 11.3 Å². The van der Waals surface area contributed by atoms with Crippen molar-refractivity contribution in [2.45, 2.75) is 46.1 Å². The third-order valence-electron chi connectivity index (χ3n) is 6.43. The molecule has 1 atom stereocenters. The van der Waals surface area contributed by atoms with E-state index in [1.165, 1.54) is 24.3 Å². The van der Waals surface area contributed by atoms with Gasteiger partial charge in [-0.2, -0.15) is 0 Å². The van der Waals surface area contributed by atoms with E-state index in [4.69, 9.17) is 16.6 Å². The second-order valence-electron chi connectivity index (χ2n) is 9.71. The first-order valence-corrected chi connectivity index (χ1v) is 13.5. The van der Waals surface area contributed by atoms with Crippen LogP contribution in [-0.4, -0.2) is 57.8 Å². The summed E-state index contributed by atoms with van der Waals surface area (Å²) in [5.41, 5.74) is 2.38. The average Bonchev–Trinajstić information content (AvgIpc) is 2.93. The van der Waals surface area contributed by atoms with Gasteiger partial charge in [-0.1, -0.05) is 37.6 Å². The molecule has 0 aliphatic carbocycles. The Bertz CT molecular complexity index is 1430. The highest BCUT2D eigenvalue weighted by molar-refractivity contribution is 6.33. The van der Waals surface area contributed by atoms with Gasteiger partial charge in [0.15, 0.2) is 0 Å². The summed E-state index contributed by atoms with van der Waals surface area (Å²) in [6, 6.07) is 6.98. The number of amidine groups is 1. The summed E-state index contributed by atoms with van der Waals surface area (Å²) in [6.45, 7) is 12.5. The van der Waals surface area contributed by atoms with Crippen LogP contribution < -0.4 is 10.6 Å². The zero-order valence-corrected chi connectivity index (χ0v) is 24.2. The molecule has 9 nitrogen and oxygen atoms in total. The number of rotatable bonds is 13. The number of aryl methyl sites for hydroxylation is 1. The number of nitrogens with zero attached hydrogens (tertiary/aromatic N) is 4. The van der Waals surface area contributed by atoms with Gasteiger partial charge in [0.2, 0.25) is 12.8 Å². The number of phenolic OH excluding ortho intramolecular Hbond substituents is 1. The quantitative estimate of drug-likeness (QED) is 0.103. The fraction of sp³-hybridized carbons (Fsp3) is 0.300. The van der Waals surface area contributed by atoms with Crippen LogP contribution in [0.5, 0.6) is 5.75 Å². The first kappa shape index (κ1) is 31.2. The van der Waals surface area contributed by atoms with Crippen molar-refractivity contribution in [2.24, 2.45) is 4.99 Å². The first-order chi connectivity index (χ1) is 19.6. The lowest BCUT2D eigenvalue weighted by molar-refractivity contribution is -0.109. The van der Waals surface area contributed by atoms with Gasteiger partial charge >= 0.3 is 0 Å². The molecule has 2 aromatic heterocycles. The van der Waals surface area contributed by atoms with Crippen molar-refractivity contribution in [1.82, 2.24) is 20.2 Å². The van der Waals surface area contributed by atoms with Gasteiger partial charge in [-0.3, -0.25) is 14.6 Å². The van der Waals surface area contributed by atoms with E-state index >= 15 is 0 Å². The Balaban J connectivity index is 2.40. The maximum absolute atomic E-state index is 14.8. The molecule has 0 aliphatic rings. The van der Waals surface area contributed by atoms with Crippen LogP contribution in [0.3, 0.4) is 0 Å². The van der Waals surface area contributed by atoms with Crippen molar-refractivity contribution in [2.75, 3.05) is 18.4 Å². The molecule has 0 fully saturated rings. The van der Waals surface area contributed by atoms with Crippen LogP contribution in [0.15, 0.2) is 54.2 Å². The molecule has 216 valence electrons. The third kappa shape index (κ3) is 7.26. The molecule has 3 rings (SSSR count). The standard InChI is InChI=1S/C30H34ClFN6O3/c1-6-7-13-38(20(5)15-33-16-39)30(37-27-19(4)11-12-34-26(27)18(2)3)21-14-22(31)28(36-29(21)35-17-40)25-23(32)9-8-10-24(25)41/h6,8-12,14,16-18,20,41H,1,7,13,15H2,2-5H3,(H,33,39)(H,35,36,40)/b37-30+. The van der Waals surface area contributed by atoms with Gasteiger partial charge < -0.3 is 20.6 Å². The van der Waals surface area contributed by atoms with E-state index in [0.29, 0.717) is 49.4 Å². The SMILES string of the molecule is C=CCCN(/C(=N/c1c(C)ccnc1C(C)C)c1cc(Cl)c(-c2c(O)cccc2F)nc1NC=O)C(C)CNC=O. The van der Waals surface area contributed by atoms with Crippen LogP contribution in [0, 0.1) is 12.7 Å². The molecule has 0 saturated heterocycles. The number of aliphatic imine (C=N–C) groups is 1. The number of amides is 2. The van der Waals surface area contributed by atoms with E-state index in [1.54, 1.807) is 12.3 Å². The molecule has 1 aromatic carbocycles. The van der Waals surface area contributed by atoms with Gasteiger partial charge in [0.05, 0.1) is 33.2 Å². The maximum Gasteiger partial charge on any atom is 0.212 e. The van der Waals surface area contributed by atoms with Gasteiger partial charge in [0.25, 0.3) is 0 Å². The molecule has 3 aromatic rings.